The van der Waals surface area contributed by atoms with E-state index in [1.54, 1.807) is 11.3 Å². The quantitative estimate of drug-likeness (QED) is 0.726. The van der Waals surface area contributed by atoms with Crippen LogP contribution < -0.4 is 5.32 Å². The molecular weight excluding hydrogens is 346 g/mol. The van der Waals surface area contributed by atoms with Gasteiger partial charge < -0.3 is 9.88 Å². The van der Waals surface area contributed by atoms with Crippen molar-refractivity contribution >= 4 is 33.0 Å². The highest BCUT2D eigenvalue weighted by atomic mass is 79.9. The molecule has 0 aliphatic carbocycles. The molecule has 108 valence electrons. The van der Waals surface area contributed by atoms with Crippen LogP contribution in [0.5, 0.6) is 0 Å². The van der Waals surface area contributed by atoms with Crippen molar-refractivity contribution in [3.8, 4) is 0 Å². The minimum absolute atomic E-state index is 0.0537. The highest BCUT2D eigenvalue weighted by Gasteiger charge is 2.20. The number of thiophene rings is 1. The average Bonchev–Trinajstić information content (AvgIpc) is 3.12. The number of anilines is 1. The van der Waals surface area contributed by atoms with Crippen LogP contribution in [0, 0.1) is 6.92 Å². The number of aromatic nitrogens is 2. The molecule has 0 bridgehead atoms. The third-order valence-electron chi connectivity index (χ3n) is 3.51. The Labute approximate surface area is 136 Å². The van der Waals surface area contributed by atoms with Gasteiger partial charge in [0.1, 0.15) is 11.9 Å². The second-order valence-electron chi connectivity index (χ2n) is 4.90. The van der Waals surface area contributed by atoms with Gasteiger partial charge in [0, 0.05) is 34.5 Å². The number of hydrogen-bond donors (Lipinski definition) is 1. The van der Waals surface area contributed by atoms with Crippen molar-refractivity contribution < 1.29 is 0 Å². The molecule has 2 aromatic heterocycles. The minimum atomic E-state index is 0.0537. The normalized spacial score (nSPS) is 12.3. The summed E-state index contributed by atoms with van der Waals surface area (Å²) in [6.45, 7) is 2.11. The SMILES string of the molecule is Cc1c(Br)cccc1NC(c1cccs1)c1nccn1C. The van der Waals surface area contributed by atoms with E-state index in [1.807, 2.05) is 25.5 Å². The Hall–Kier alpha value is -1.59. The van der Waals surface area contributed by atoms with Crippen molar-refractivity contribution in [3.05, 3.63) is 68.8 Å². The fraction of sp³-hybridized carbons (Fsp3) is 0.188. The van der Waals surface area contributed by atoms with E-state index in [-0.39, 0.29) is 6.04 Å². The van der Waals surface area contributed by atoms with Crippen LogP contribution in [0.1, 0.15) is 22.3 Å². The topological polar surface area (TPSA) is 29.9 Å². The molecule has 0 aliphatic heterocycles. The summed E-state index contributed by atoms with van der Waals surface area (Å²) in [4.78, 5) is 5.77. The number of nitrogens with one attached hydrogen (secondary N) is 1. The van der Waals surface area contributed by atoms with Crippen LogP contribution in [0.25, 0.3) is 0 Å². The van der Waals surface area contributed by atoms with Gasteiger partial charge in [-0.1, -0.05) is 28.1 Å². The number of halogens is 1. The van der Waals surface area contributed by atoms with Crippen molar-refractivity contribution in [3.63, 3.8) is 0 Å². The van der Waals surface area contributed by atoms with Gasteiger partial charge in [-0.15, -0.1) is 11.3 Å². The lowest BCUT2D eigenvalue weighted by Gasteiger charge is -2.20. The Kier molecular flexibility index (Phi) is 4.12. The zero-order chi connectivity index (χ0) is 14.8. The smallest absolute Gasteiger partial charge is 0.136 e. The number of rotatable bonds is 4. The van der Waals surface area contributed by atoms with Crippen LogP contribution in [-0.4, -0.2) is 9.55 Å². The number of hydrogen-bond acceptors (Lipinski definition) is 3. The second-order valence-corrected chi connectivity index (χ2v) is 6.74. The Morgan fingerprint density at radius 1 is 1.29 bits per heavy atom. The molecule has 5 heteroatoms. The summed E-state index contributed by atoms with van der Waals surface area (Å²) >= 11 is 5.33. The fourth-order valence-corrected chi connectivity index (χ4v) is 3.43. The molecule has 2 heterocycles. The summed E-state index contributed by atoms with van der Waals surface area (Å²) in [5.74, 6) is 1.01. The first-order valence-electron chi connectivity index (χ1n) is 6.69. The number of aryl methyl sites for hydroxylation is 1. The molecule has 3 aromatic rings. The lowest BCUT2D eigenvalue weighted by atomic mass is 10.1. The average molecular weight is 362 g/mol. The van der Waals surface area contributed by atoms with Crippen molar-refractivity contribution in [2.24, 2.45) is 7.05 Å². The zero-order valence-electron chi connectivity index (χ0n) is 11.9. The molecule has 3 nitrogen and oxygen atoms in total. The molecule has 0 fully saturated rings. The standard InChI is InChI=1S/C16H16BrN3S/c1-11-12(17)5-3-6-13(11)19-15(14-7-4-10-21-14)16-18-8-9-20(16)2/h3-10,15,19H,1-2H3. The number of imidazole rings is 1. The lowest BCUT2D eigenvalue weighted by molar-refractivity contribution is 0.756. The summed E-state index contributed by atoms with van der Waals surface area (Å²) < 4.78 is 3.17. The minimum Gasteiger partial charge on any atom is -0.371 e. The summed E-state index contributed by atoms with van der Waals surface area (Å²) in [5, 5.41) is 5.73. The van der Waals surface area contributed by atoms with Gasteiger partial charge in [0.15, 0.2) is 0 Å². The first-order chi connectivity index (χ1) is 10.2. The molecule has 21 heavy (non-hydrogen) atoms. The van der Waals surface area contributed by atoms with Crippen molar-refractivity contribution in [2.45, 2.75) is 13.0 Å². The van der Waals surface area contributed by atoms with Gasteiger partial charge >= 0.3 is 0 Å². The number of nitrogens with zero attached hydrogens (tertiary/aromatic N) is 2. The third-order valence-corrected chi connectivity index (χ3v) is 5.31. The van der Waals surface area contributed by atoms with Crippen molar-refractivity contribution in [1.29, 1.82) is 0 Å². The van der Waals surface area contributed by atoms with E-state index in [9.17, 15) is 0 Å². The molecule has 0 amide bonds. The van der Waals surface area contributed by atoms with Crippen LogP contribution in [-0.2, 0) is 7.05 Å². The Bertz CT molecular complexity index is 734. The maximum atomic E-state index is 4.52. The number of benzene rings is 1. The third kappa shape index (κ3) is 2.89. The fourth-order valence-electron chi connectivity index (χ4n) is 2.29. The molecule has 1 aromatic carbocycles. The summed E-state index contributed by atoms with van der Waals surface area (Å²) in [6, 6.07) is 10.5. The second kappa shape index (κ2) is 6.03. The van der Waals surface area contributed by atoms with Gasteiger partial charge in [-0.3, -0.25) is 0 Å². The summed E-state index contributed by atoms with van der Waals surface area (Å²) in [7, 11) is 2.03. The van der Waals surface area contributed by atoms with E-state index in [4.69, 9.17) is 0 Å². The van der Waals surface area contributed by atoms with Crippen molar-refractivity contribution in [1.82, 2.24) is 9.55 Å². The van der Waals surface area contributed by atoms with Gasteiger partial charge in [0.05, 0.1) is 0 Å². The molecule has 3 rings (SSSR count). The van der Waals surface area contributed by atoms with Crippen LogP contribution in [0.15, 0.2) is 52.6 Å². The van der Waals surface area contributed by atoms with Crippen LogP contribution >= 0.6 is 27.3 Å². The van der Waals surface area contributed by atoms with Gasteiger partial charge in [-0.25, -0.2) is 4.98 Å². The van der Waals surface area contributed by atoms with Gasteiger partial charge in [-0.2, -0.15) is 0 Å². The van der Waals surface area contributed by atoms with Crippen LogP contribution in [0.2, 0.25) is 0 Å². The Balaban J connectivity index is 2.01. The van der Waals surface area contributed by atoms with Crippen molar-refractivity contribution in [2.75, 3.05) is 5.32 Å². The van der Waals surface area contributed by atoms with Gasteiger partial charge in [0.2, 0.25) is 0 Å². The first-order valence-corrected chi connectivity index (χ1v) is 8.36. The highest BCUT2D eigenvalue weighted by molar-refractivity contribution is 9.10. The summed E-state index contributed by atoms with van der Waals surface area (Å²) in [5.41, 5.74) is 2.32. The largest absolute Gasteiger partial charge is 0.371 e. The van der Waals surface area contributed by atoms with Gasteiger partial charge in [-0.05, 0) is 36.1 Å². The molecule has 0 saturated carbocycles. The van der Waals surface area contributed by atoms with Gasteiger partial charge in [0.25, 0.3) is 0 Å². The maximum Gasteiger partial charge on any atom is 0.136 e. The van der Waals surface area contributed by atoms with E-state index in [2.05, 4.69) is 67.4 Å². The predicted octanol–water partition coefficient (Wildman–Crippen LogP) is 4.75. The molecule has 0 aliphatic rings. The Morgan fingerprint density at radius 2 is 2.14 bits per heavy atom. The molecule has 0 saturated heterocycles. The molecule has 1 unspecified atom stereocenters. The van der Waals surface area contributed by atoms with E-state index < -0.39 is 0 Å². The molecule has 0 radical (unpaired) electrons. The predicted molar refractivity (Wildman–Crippen MR) is 91.9 cm³/mol. The van der Waals surface area contributed by atoms with E-state index in [0.717, 1.165) is 16.0 Å². The first kappa shape index (κ1) is 14.4. The summed E-state index contributed by atoms with van der Waals surface area (Å²) in [6.07, 6.45) is 3.82. The van der Waals surface area contributed by atoms with E-state index in [1.165, 1.54) is 10.4 Å². The lowest BCUT2D eigenvalue weighted by Crippen LogP contribution is -2.16. The molecular formula is C16H16BrN3S. The molecule has 1 atom stereocenters. The molecule has 1 N–H and O–H groups in total. The van der Waals surface area contributed by atoms with E-state index >= 15 is 0 Å². The zero-order valence-corrected chi connectivity index (χ0v) is 14.3. The molecule has 0 spiro atoms. The van der Waals surface area contributed by atoms with E-state index in [0.29, 0.717) is 0 Å². The Morgan fingerprint density at radius 3 is 2.81 bits per heavy atom. The van der Waals surface area contributed by atoms with Crippen LogP contribution in [0.3, 0.4) is 0 Å². The van der Waals surface area contributed by atoms with Crippen LogP contribution in [0.4, 0.5) is 5.69 Å². The highest BCUT2D eigenvalue weighted by Crippen LogP contribution is 2.31. The maximum absolute atomic E-state index is 4.52. The monoisotopic (exact) mass is 361 g/mol.